The molecule has 0 radical (unpaired) electrons. The summed E-state index contributed by atoms with van der Waals surface area (Å²) in [5.74, 6) is 0.239. The van der Waals surface area contributed by atoms with Crippen LogP contribution in [0.15, 0.2) is 18.5 Å². The fraction of sp³-hybridized carbons (Fsp3) is 0.143. The molecule has 2 aromatic rings. The van der Waals surface area contributed by atoms with Crippen molar-refractivity contribution in [3.63, 3.8) is 0 Å². The molecule has 56 valence electrons. The van der Waals surface area contributed by atoms with Gasteiger partial charge < -0.3 is 5.11 Å². The van der Waals surface area contributed by atoms with Gasteiger partial charge in [-0.25, -0.2) is 9.50 Å². The van der Waals surface area contributed by atoms with Gasteiger partial charge in [-0.05, 0) is 19.1 Å². The Morgan fingerprint density at radius 3 is 3.09 bits per heavy atom. The fourth-order valence-electron chi connectivity index (χ4n) is 1.01. The van der Waals surface area contributed by atoms with Crippen LogP contribution in [0, 0.1) is 6.92 Å². The number of hydrogen-bond acceptors (Lipinski definition) is 3. The van der Waals surface area contributed by atoms with Gasteiger partial charge in [-0.1, -0.05) is 0 Å². The lowest BCUT2D eigenvalue weighted by Crippen LogP contribution is -1.92. The molecule has 11 heavy (non-hydrogen) atoms. The van der Waals surface area contributed by atoms with E-state index in [1.807, 2.05) is 0 Å². The van der Waals surface area contributed by atoms with Crippen LogP contribution < -0.4 is 0 Å². The molecule has 4 nitrogen and oxygen atoms in total. The van der Waals surface area contributed by atoms with E-state index in [2.05, 4.69) is 10.1 Å². The number of aromatic hydroxyl groups is 1. The molecule has 2 rings (SSSR count). The molecule has 2 heterocycles. The zero-order valence-corrected chi connectivity index (χ0v) is 6.02. The van der Waals surface area contributed by atoms with Gasteiger partial charge in [0.25, 0.3) is 0 Å². The molecule has 4 heteroatoms. The molecule has 0 fully saturated rings. The first kappa shape index (κ1) is 6.15. The van der Waals surface area contributed by atoms with E-state index in [9.17, 15) is 5.11 Å². The number of fused-ring (bicyclic) bond motifs is 1. The molecule has 0 aliphatic heterocycles. The van der Waals surface area contributed by atoms with Crippen LogP contribution in [0.2, 0.25) is 0 Å². The molecule has 0 saturated carbocycles. The van der Waals surface area contributed by atoms with Crippen molar-refractivity contribution in [2.75, 3.05) is 0 Å². The van der Waals surface area contributed by atoms with Crippen LogP contribution in [-0.2, 0) is 0 Å². The molecule has 0 amide bonds. The summed E-state index contributed by atoms with van der Waals surface area (Å²) in [6.07, 6.45) is 1.46. The zero-order valence-electron chi connectivity index (χ0n) is 6.02. The molecule has 0 unspecified atom stereocenters. The minimum absolute atomic E-state index is 0.239. The number of aromatic nitrogens is 3. The Morgan fingerprint density at radius 1 is 1.45 bits per heavy atom. The molecule has 0 spiro atoms. The smallest absolute Gasteiger partial charge is 0.155 e. The summed E-state index contributed by atoms with van der Waals surface area (Å²) in [6.45, 7) is 1.79. The quantitative estimate of drug-likeness (QED) is 0.601. The van der Waals surface area contributed by atoms with Gasteiger partial charge in [-0.15, -0.1) is 0 Å². The Kier molecular flexibility index (Phi) is 1.09. The van der Waals surface area contributed by atoms with E-state index in [-0.39, 0.29) is 5.75 Å². The molecular formula is C7H7N3O. The lowest BCUT2D eigenvalue weighted by molar-refractivity contribution is 0.465. The number of nitrogens with zero attached hydrogens (tertiary/aromatic N) is 3. The van der Waals surface area contributed by atoms with E-state index in [1.165, 1.54) is 6.33 Å². The maximum absolute atomic E-state index is 9.25. The Balaban J connectivity index is 2.93. The van der Waals surface area contributed by atoms with E-state index < -0.39 is 0 Å². The lowest BCUT2D eigenvalue weighted by Gasteiger charge is -1.98. The van der Waals surface area contributed by atoms with E-state index >= 15 is 0 Å². The van der Waals surface area contributed by atoms with Gasteiger partial charge in [0, 0.05) is 0 Å². The molecule has 1 N–H and O–H groups in total. The summed E-state index contributed by atoms with van der Waals surface area (Å²) in [5, 5.41) is 13.2. The largest absolute Gasteiger partial charge is 0.506 e. The van der Waals surface area contributed by atoms with Crippen molar-refractivity contribution in [1.29, 1.82) is 0 Å². The van der Waals surface area contributed by atoms with Gasteiger partial charge in [0.05, 0.1) is 5.69 Å². The van der Waals surface area contributed by atoms with Crippen LogP contribution in [0.4, 0.5) is 0 Å². The van der Waals surface area contributed by atoms with Crippen molar-refractivity contribution in [2.24, 2.45) is 0 Å². The van der Waals surface area contributed by atoms with Gasteiger partial charge in [0.1, 0.15) is 12.1 Å². The van der Waals surface area contributed by atoms with Gasteiger partial charge >= 0.3 is 0 Å². The molecule has 0 aliphatic carbocycles. The summed E-state index contributed by atoms with van der Waals surface area (Å²) in [7, 11) is 0. The first-order valence-corrected chi connectivity index (χ1v) is 3.27. The highest BCUT2D eigenvalue weighted by Gasteiger charge is 2.01. The molecule has 0 atom stereocenters. The maximum Gasteiger partial charge on any atom is 0.155 e. The third-order valence-corrected chi connectivity index (χ3v) is 1.65. The van der Waals surface area contributed by atoms with Crippen LogP contribution in [0.1, 0.15) is 5.69 Å². The van der Waals surface area contributed by atoms with Gasteiger partial charge in [-0.2, -0.15) is 5.10 Å². The number of pyridine rings is 1. The van der Waals surface area contributed by atoms with E-state index in [0.717, 1.165) is 5.65 Å². The normalized spacial score (nSPS) is 10.6. The SMILES string of the molecule is Cc1c(O)ccc2ncnn12. The standard InChI is InChI=1S/C7H7N3O/c1-5-6(11)2-3-7-8-4-9-10(5)7/h2-4,11H,1H3. The van der Waals surface area contributed by atoms with E-state index in [1.54, 1.807) is 23.6 Å². The summed E-state index contributed by atoms with van der Waals surface area (Å²) in [4.78, 5) is 3.96. The highest BCUT2D eigenvalue weighted by Crippen LogP contribution is 2.15. The van der Waals surface area contributed by atoms with E-state index in [4.69, 9.17) is 0 Å². The number of hydrogen-bond donors (Lipinski definition) is 1. The van der Waals surface area contributed by atoms with Crippen molar-refractivity contribution in [1.82, 2.24) is 14.6 Å². The highest BCUT2D eigenvalue weighted by molar-refractivity contribution is 5.42. The third-order valence-electron chi connectivity index (χ3n) is 1.65. The summed E-state index contributed by atoms with van der Waals surface area (Å²) in [5.41, 5.74) is 1.46. The van der Waals surface area contributed by atoms with Crippen molar-refractivity contribution in [2.45, 2.75) is 6.92 Å². The van der Waals surface area contributed by atoms with Crippen LogP contribution >= 0.6 is 0 Å². The number of aryl methyl sites for hydroxylation is 1. The Labute approximate surface area is 63.1 Å². The molecule has 0 aliphatic rings. The Morgan fingerprint density at radius 2 is 2.27 bits per heavy atom. The second kappa shape index (κ2) is 1.95. The van der Waals surface area contributed by atoms with Crippen molar-refractivity contribution in [3.8, 4) is 5.75 Å². The van der Waals surface area contributed by atoms with Gasteiger partial charge in [0.15, 0.2) is 5.65 Å². The second-order valence-electron chi connectivity index (χ2n) is 2.33. The minimum atomic E-state index is 0.239. The topological polar surface area (TPSA) is 50.4 Å². The van der Waals surface area contributed by atoms with Gasteiger partial charge in [0.2, 0.25) is 0 Å². The molecule has 0 bridgehead atoms. The average molecular weight is 149 g/mol. The van der Waals surface area contributed by atoms with Crippen molar-refractivity contribution in [3.05, 3.63) is 24.2 Å². The summed E-state index contributed by atoms with van der Waals surface area (Å²) < 4.78 is 1.59. The zero-order chi connectivity index (χ0) is 7.84. The van der Waals surface area contributed by atoms with Crippen LogP contribution in [-0.4, -0.2) is 19.7 Å². The van der Waals surface area contributed by atoms with Crippen LogP contribution in [0.5, 0.6) is 5.75 Å². The summed E-state index contributed by atoms with van der Waals surface area (Å²) in [6, 6.07) is 3.33. The second-order valence-corrected chi connectivity index (χ2v) is 2.33. The number of rotatable bonds is 0. The third kappa shape index (κ3) is 0.756. The average Bonchev–Trinajstić information content (AvgIpc) is 2.45. The first-order chi connectivity index (χ1) is 5.29. The lowest BCUT2D eigenvalue weighted by atomic mass is 10.3. The first-order valence-electron chi connectivity index (χ1n) is 3.27. The Hall–Kier alpha value is -1.58. The highest BCUT2D eigenvalue weighted by atomic mass is 16.3. The molecule has 2 aromatic heterocycles. The van der Waals surface area contributed by atoms with Crippen LogP contribution in [0.25, 0.3) is 5.65 Å². The predicted molar refractivity (Wildman–Crippen MR) is 39.4 cm³/mol. The molecule has 0 saturated heterocycles. The maximum atomic E-state index is 9.25. The van der Waals surface area contributed by atoms with E-state index in [0.29, 0.717) is 5.69 Å². The van der Waals surface area contributed by atoms with Crippen molar-refractivity contribution < 1.29 is 5.11 Å². The fourth-order valence-corrected chi connectivity index (χ4v) is 1.01. The van der Waals surface area contributed by atoms with Crippen LogP contribution in [0.3, 0.4) is 0 Å². The predicted octanol–water partition coefficient (Wildman–Crippen LogP) is 0.743. The molecule has 0 aromatic carbocycles. The summed E-state index contributed by atoms with van der Waals surface area (Å²) >= 11 is 0. The molecular weight excluding hydrogens is 142 g/mol. The minimum Gasteiger partial charge on any atom is -0.506 e. The van der Waals surface area contributed by atoms with Gasteiger partial charge in [-0.3, -0.25) is 0 Å². The van der Waals surface area contributed by atoms with Crippen molar-refractivity contribution >= 4 is 5.65 Å². The monoisotopic (exact) mass is 149 g/mol. The Bertz CT molecular complexity index is 393.